The fourth-order valence-corrected chi connectivity index (χ4v) is 1.15. The summed E-state index contributed by atoms with van der Waals surface area (Å²) in [5, 5.41) is 4.28. The van der Waals surface area contributed by atoms with Gasteiger partial charge in [0, 0.05) is 13.0 Å². The fraction of sp³-hybridized carbons (Fsp3) is 0.222. The highest BCUT2D eigenvalue weighted by molar-refractivity contribution is 5.47. The standard InChI is InChI=1S/C9H8N/c1-2-6-9-8(4-1)5-3-7-10-9/h1-2,4,6H,5,7H2. The summed E-state index contributed by atoms with van der Waals surface area (Å²) in [6, 6.07) is 8.22. The number of hydrogen-bond acceptors (Lipinski definition) is 0. The minimum absolute atomic E-state index is 0.761. The van der Waals surface area contributed by atoms with Gasteiger partial charge in [0.15, 0.2) is 0 Å². The van der Waals surface area contributed by atoms with Crippen molar-refractivity contribution in [2.75, 3.05) is 6.54 Å². The van der Waals surface area contributed by atoms with Crippen LogP contribution in [0.5, 0.6) is 0 Å². The topological polar surface area (TPSA) is 14.1 Å². The molecule has 0 bridgehead atoms. The maximum atomic E-state index is 4.28. The lowest BCUT2D eigenvalue weighted by molar-refractivity contribution is 0.836. The van der Waals surface area contributed by atoms with Gasteiger partial charge in [-0.1, -0.05) is 18.2 Å². The fourth-order valence-electron chi connectivity index (χ4n) is 1.15. The molecule has 3 radical (unpaired) electrons. The van der Waals surface area contributed by atoms with Gasteiger partial charge in [-0.2, -0.15) is 0 Å². The number of hydrogen-bond donors (Lipinski definition) is 0. The van der Waals surface area contributed by atoms with E-state index in [1.165, 1.54) is 5.56 Å². The van der Waals surface area contributed by atoms with E-state index < -0.39 is 0 Å². The SMILES string of the molecule is [C]1C[N]c2ccccc2C1. The normalized spacial score (nSPS) is 15.6. The van der Waals surface area contributed by atoms with Crippen molar-refractivity contribution in [1.82, 2.24) is 5.32 Å². The highest BCUT2D eigenvalue weighted by atomic mass is 14.9. The van der Waals surface area contributed by atoms with Gasteiger partial charge in [-0.3, -0.25) is 5.32 Å². The third kappa shape index (κ3) is 0.878. The maximum absolute atomic E-state index is 4.28. The van der Waals surface area contributed by atoms with Crippen LogP contribution in [0, 0.1) is 6.42 Å². The van der Waals surface area contributed by atoms with E-state index in [1.54, 1.807) is 0 Å². The van der Waals surface area contributed by atoms with E-state index in [9.17, 15) is 0 Å². The van der Waals surface area contributed by atoms with E-state index in [4.69, 9.17) is 0 Å². The predicted octanol–water partition coefficient (Wildman–Crippen LogP) is 1.56. The van der Waals surface area contributed by atoms with E-state index in [0.29, 0.717) is 0 Å². The molecule has 0 saturated heterocycles. The molecule has 2 rings (SSSR count). The Morgan fingerprint density at radius 2 is 2.20 bits per heavy atom. The first-order valence-electron chi connectivity index (χ1n) is 3.43. The number of nitrogens with zero attached hydrogens (tertiary/aromatic N) is 1. The van der Waals surface area contributed by atoms with Crippen LogP contribution in [0.4, 0.5) is 5.69 Å². The molecule has 10 heavy (non-hydrogen) atoms. The zero-order chi connectivity index (χ0) is 6.81. The molecule has 0 aromatic heterocycles. The van der Waals surface area contributed by atoms with E-state index >= 15 is 0 Å². The van der Waals surface area contributed by atoms with Crippen LogP contribution in [0.3, 0.4) is 0 Å². The lowest BCUT2D eigenvalue weighted by Crippen LogP contribution is -2.10. The molecule has 1 aliphatic rings. The van der Waals surface area contributed by atoms with Crippen molar-refractivity contribution >= 4 is 5.69 Å². The molecule has 1 heteroatoms. The van der Waals surface area contributed by atoms with Crippen LogP contribution < -0.4 is 5.32 Å². The van der Waals surface area contributed by atoms with Gasteiger partial charge >= 0.3 is 0 Å². The Bertz CT molecular complexity index is 205. The van der Waals surface area contributed by atoms with Crippen LogP contribution in [0.15, 0.2) is 24.3 Å². The molecule has 49 valence electrons. The van der Waals surface area contributed by atoms with Gasteiger partial charge in [-0.25, -0.2) is 0 Å². The van der Waals surface area contributed by atoms with Crippen LogP contribution in [0.2, 0.25) is 0 Å². The van der Waals surface area contributed by atoms with E-state index in [1.807, 2.05) is 12.1 Å². The van der Waals surface area contributed by atoms with Gasteiger partial charge in [-0.15, -0.1) is 0 Å². The Kier molecular flexibility index (Phi) is 1.35. The first kappa shape index (κ1) is 5.78. The zero-order valence-corrected chi connectivity index (χ0v) is 5.67. The first-order valence-corrected chi connectivity index (χ1v) is 3.43. The smallest absolute Gasteiger partial charge is 0.0606 e. The Labute approximate surface area is 61.1 Å². The molecule has 0 amide bonds. The molecule has 0 N–H and O–H groups in total. The van der Waals surface area contributed by atoms with Crippen LogP contribution >= 0.6 is 0 Å². The molecule has 0 fully saturated rings. The number of benzene rings is 1. The second kappa shape index (κ2) is 2.33. The third-order valence-corrected chi connectivity index (χ3v) is 1.67. The summed E-state index contributed by atoms with van der Waals surface area (Å²) in [6.45, 7) is 0.761. The van der Waals surface area contributed by atoms with Crippen LogP contribution in [0.1, 0.15) is 5.56 Å². The van der Waals surface area contributed by atoms with E-state index in [0.717, 1.165) is 18.7 Å². The average Bonchev–Trinajstić information content (AvgIpc) is 2.05. The zero-order valence-electron chi connectivity index (χ0n) is 5.67. The van der Waals surface area contributed by atoms with Gasteiger partial charge in [-0.05, 0) is 18.1 Å². The van der Waals surface area contributed by atoms with Crippen molar-refractivity contribution < 1.29 is 0 Å². The van der Waals surface area contributed by atoms with Gasteiger partial charge in [0.05, 0.1) is 5.69 Å². The van der Waals surface area contributed by atoms with Crippen LogP contribution in [-0.4, -0.2) is 6.54 Å². The molecule has 0 saturated carbocycles. The summed E-state index contributed by atoms with van der Waals surface area (Å²) in [7, 11) is 0. The van der Waals surface area contributed by atoms with Crippen molar-refractivity contribution in [3.8, 4) is 0 Å². The molecule has 1 aliphatic heterocycles. The minimum Gasteiger partial charge on any atom is -0.284 e. The lowest BCUT2D eigenvalue weighted by atomic mass is 10.0. The second-order valence-corrected chi connectivity index (χ2v) is 2.37. The predicted molar refractivity (Wildman–Crippen MR) is 40.1 cm³/mol. The van der Waals surface area contributed by atoms with Gasteiger partial charge < -0.3 is 0 Å². The molecule has 0 atom stereocenters. The number of fused-ring (bicyclic) bond motifs is 1. The molecular formula is C9H8N. The monoisotopic (exact) mass is 130 g/mol. The Morgan fingerprint density at radius 1 is 1.30 bits per heavy atom. The minimum atomic E-state index is 0.761. The second-order valence-electron chi connectivity index (χ2n) is 2.37. The summed E-state index contributed by atoms with van der Waals surface area (Å²) >= 11 is 0. The highest BCUT2D eigenvalue weighted by Gasteiger charge is 2.07. The Hall–Kier alpha value is -0.980. The number of para-hydroxylation sites is 1. The van der Waals surface area contributed by atoms with Crippen molar-refractivity contribution in [3.63, 3.8) is 0 Å². The Morgan fingerprint density at radius 3 is 3.10 bits per heavy atom. The summed E-state index contributed by atoms with van der Waals surface area (Å²) in [5.41, 5.74) is 2.44. The molecular weight excluding hydrogens is 122 g/mol. The van der Waals surface area contributed by atoms with Crippen molar-refractivity contribution in [1.29, 1.82) is 0 Å². The maximum Gasteiger partial charge on any atom is 0.0606 e. The molecule has 1 aromatic rings. The summed E-state index contributed by atoms with van der Waals surface area (Å²) in [5.74, 6) is 0. The largest absolute Gasteiger partial charge is 0.284 e. The van der Waals surface area contributed by atoms with Crippen molar-refractivity contribution in [2.24, 2.45) is 0 Å². The molecule has 1 heterocycles. The number of rotatable bonds is 0. The lowest BCUT2D eigenvalue weighted by Gasteiger charge is -2.13. The van der Waals surface area contributed by atoms with Gasteiger partial charge in [0.2, 0.25) is 0 Å². The van der Waals surface area contributed by atoms with Gasteiger partial charge in [0.1, 0.15) is 0 Å². The van der Waals surface area contributed by atoms with E-state index in [2.05, 4.69) is 23.9 Å². The Balaban J connectivity index is 2.41. The summed E-state index contributed by atoms with van der Waals surface area (Å²) in [4.78, 5) is 0. The quantitative estimate of drug-likeness (QED) is 0.506. The molecule has 0 unspecified atom stereocenters. The summed E-state index contributed by atoms with van der Waals surface area (Å²) < 4.78 is 0. The first-order chi connectivity index (χ1) is 4.97. The van der Waals surface area contributed by atoms with E-state index in [-0.39, 0.29) is 0 Å². The molecule has 1 nitrogen and oxygen atoms in total. The van der Waals surface area contributed by atoms with Crippen molar-refractivity contribution in [3.05, 3.63) is 36.2 Å². The average molecular weight is 130 g/mol. The van der Waals surface area contributed by atoms with Crippen molar-refractivity contribution in [2.45, 2.75) is 6.42 Å². The van der Waals surface area contributed by atoms with Crippen LogP contribution in [-0.2, 0) is 6.42 Å². The highest BCUT2D eigenvalue weighted by Crippen LogP contribution is 2.19. The molecule has 0 spiro atoms. The summed E-state index contributed by atoms with van der Waals surface area (Å²) in [6.07, 6.45) is 4.13. The molecule has 0 aliphatic carbocycles. The molecule has 1 aromatic carbocycles. The van der Waals surface area contributed by atoms with Gasteiger partial charge in [0.25, 0.3) is 0 Å². The van der Waals surface area contributed by atoms with Crippen LogP contribution in [0.25, 0.3) is 0 Å². The third-order valence-electron chi connectivity index (χ3n) is 1.67.